The molecule has 1 aliphatic carbocycles. The Kier molecular flexibility index (Phi) is 13.4. The van der Waals surface area contributed by atoms with E-state index in [1.54, 1.807) is 6.07 Å². The minimum atomic E-state index is 0.143. The van der Waals surface area contributed by atoms with Crippen LogP contribution in [0.15, 0.2) is 64.2 Å². The average Bonchev–Trinajstić information content (AvgIpc) is 3.17. The van der Waals surface area contributed by atoms with Crippen LogP contribution >= 0.6 is 0 Å². The lowest BCUT2D eigenvalue weighted by molar-refractivity contribution is 0.0733. The number of benzene rings is 1. The van der Waals surface area contributed by atoms with Gasteiger partial charge < -0.3 is 28.4 Å². The molecule has 5 aliphatic rings. The van der Waals surface area contributed by atoms with Crippen molar-refractivity contribution in [3.05, 3.63) is 103 Å². The zero-order valence-corrected chi connectivity index (χ0v) is 32.6. The maximum atomic E-state index is 12.7. The topological polar surface area (TPSA) is 68.9 Å². The van der Waals surface area contributed by atoms with E-state index in [0.717, 1.165) is 75.0 Å². The zero-order chi connectivity index (χ0) is 36.6. The van der Waals surface area contributed by atoms with Gasteiger partial charge in [0.15, 0.2) is 0 Å². The van der Waals surface area contributed by atoms with Crippen LogP contribution in [0.5, 0.6) is 0 Å². The summed E-state index contributed by atoms with van der Waals surface area (Å²) in [5, 5.41) is 0. The van der Waals surface area contributed by atoms with Gasteiger partial charge in [0.2, 0.25) is 0 Å². The highest BCUT2D eigenvalue weighted by atomic mass is 16.5. The summed E-state index contributed by atoms with van der Waals surface area (Å²) in [7, 11) is 0. The minimum absolute atomic E-state index is 0.143. The van der Waals surface area contributed by atoms with Gasteiger partial charge in [0.1, 0.15) is 0 Å². The Balaban J connectivity index is 0.000000165. The Morgan fingerprint density at radius 3 is 1.83 bits per heavy atom. The fraction of sp³-hybridized carbons (Fsp3) is 0.644. The second-order valence-electron chi connectivity index (χ2n) is 16.9. The first kappa shape index (κ1) is 38.2. The first-order chi connectivity index (χ1) is 25.9. The number of hydrogen-bond donors (Lipinski definition) is 0. The molecule has 0 N–H and O–H groups in total. The van der Waals surface area contributed by atoms with E-state index < -0.39 is 0 Å². The smallest absolute Gasteiger partial charge is 0.251 e. The van der Waals surface area contributed by atoms with E-state index in [-0.39, 0.29) is 11.1 Å². The quantitative estimate of drug-likeness (QED) is 0.170. The van der Waals surface area contributed by atoms with Crippen LogP contribution in [0, 0.1) is 17.8 Å². The van der Waals surface area contributed by atoms with Crippen molar-refractivity contribution in [2.45, 2.75) is 123 Å². The van der Waals surface area contributed by atoms with E-state index in [4.69, 9.17) is 9.47 Å². The zero-order valence-electron chi connectivity index (χ0n) is 32.6. The van der Waals surface area contributed by atoms with Crippen molar-refractivity contribution in [3.8, 4) is 0 Å². The second-order valence-corrected chi connectivity index (χ2v) is 16.9. The molecule has 4 bridgehead atoms. The highest BCUT2D eigenvalue weighted by Gasteiger charge is 2.35. The monoisotopic (exact) mass is 724 g/mol. The van der Waals surface area contributed by atoms with E-state index in [0.29, 0.717) is 43.5 Å². The lowest BCUT2D eigenvalue weighted by Crippen LogP contribution is -2.47. The molecule has 1 aromatic carbocycles. The normalized spacial score (nSPS) is 24.2. The fourth-order valence-corrected chi connectivity index (χ4v) is 9.98. The number of likely N-dealkylation sites (N-methyl/N-ethyl adjacent to an activating group) is 1. The maximum absolute atomic E-state index is 12.7. The molecular formula is C45H64N4O4. The minimum Gasteiger partial charge on any atom is -0.376 e. The molecule has 0 amide bonds. The molecule has 1 saturated carbocycles. The molecule has 4 aliphatic heterocycles. The summed E-state index contributed by atoms with van der Waals surface area (Å²) in [5.41, 5.74) is 6.03. The fourth-order valence-electron chi connectivity index (χ4n) is 9.98. The third-order valence-corrected chi connectivity index (χ3v) is 12.6. The largest absolute Gasteiger partial charge is 0.376 e. The number of piperidine rings is 2. The van der Waals surface area contributed by atoms with Gasteiger partial charge in [0.05, 0.1) is 19.8 Å². The van der Waals surface area contributed by atoms with Crippen molar-refractivity contribution in [3.63, 3.8) is 0 Å². The molecule has 4 atom stereocenters. The lowest BCUT2D eigenvalue weighted by atomic mass is 9.82. The van der Waals surface area contributed by atoms with Crippen LogP contribution in [0.3, 0.4) is 0 Å². The molecule has 3 fully saturated rings. The molecule has 0 spiro atoms. The molecule has 2 aromatic heterocycles. The van der Waals surface area contributed by atoms with Crippen molar-refractivity contribution < 1.29 is 9.47 Å². The molecule has 4 unspecified atom stereocenters. The Morgan fingerprint density at radius 1 is 0.623 bits per heavy atom. The number of pyridine rings is 2. The molecular weight excluding hydrogens is 661 g/mol. The van der Waals surface area contributed by atoms with E-state index in [1.807, 2.05) is 33.4 Å². The highest BCUT2D eigenvalue weighted by molar-refractivity contribution is 5.25. The number of nitrogens with zero attached hydrogens (tertiary/aromatic N) is 4. The predicted molar refractivity (Wildman–Crippen MR) is 212 cm³/mol. The van der Waals surface area contributed by atoms with Gasteiger partial charge in [-0.2, -0.15) is 0 Å². The third kappa shape index (κ3) is 9.99. The molecule has 3 aromatic rings. The number of likely N-dealkylation sites (tertiary alicyclic amines) is 2. The SMILES string of the molecule is CCCCCN1CC2CC(C1)c1cc(COCc3ccccc3)cc(=O)n1C2.CCN1CC2CC(C1)c1cc(COCC3CCCCC3)cc(=O)n1C2. The Labute approximate surface area is 317 Å². The number of aromatic nitrogens is 2. The molecule has 2 saturated heterocycles. The number of rotatable bonds is 13. The number of fused-ring (bicyclic) bond motifs is 8. The summed E-state index contributed by atoms with van der Waals surface area (Å²) >= 11 is 0. The van der Waals surface area contributed by atoms with Gasteiger partial charge in [-0.15, -0.1) is 0 Å². The molecule has 6 heterocycles. The highest BCUT2D eigenvalue weighted by Crippen LogP contribution is 2.37. The molecule has 0 radical (unpaired) electrons. The summed E-state index contributed by atoms with van der Waals surface area (Å²) in [6, 6.07) is 18.2. The lowest BCUT2D eigenvalue weighted by Gasteiger charge is -2.43. The summed E-state index contributed by atoms with van der Waals surface area (Å²) in [6.07, 6.45) is 13.0. The van der Waals surface area contributed by atoms with E-state index in [2.05, 4.69) is 47.9 Å². The molecule has 8 heteroatoms. The van der Waals surface area contributed by atoms with Crippen LogP contribution < -0.4 is 11.1 Å². The predicted octanol–water partition coefficient (Wildman–Crippen LogP) is 7.56. The van der Waals surface area contributed by atoms with Gasteiger partial charge in [-0.05, 0) is 91.8 Å². The van der Waals surface area contributed by atoms with Crippen molar-refractivity contribution >= 4 is 0 Å². The van der Waals surface area contributed by atoms with Gasteiger partial charge in [0, 0.05) is 81.2 Å². The van der Waals surface area contributed by atoms with Gasteiger partial charge in [-0.3, -0.25) is 9.59 Å². The van der Waals surface area contributed by atoms with Crippen molar-refractivity contribution in [1.29, 1.82) is 0 Å². The maximum Gasteiger partial charge on any atom is 0.251 e. The van der Waals surface area contributed by atoms with E-state index in [1.165, 1.54) is 82.1 Å². The Hall–Kier alpha value is -3.04. The standard InChI is InChI=1S/C24H32N2O2.C21H32N2O2/c1-2-3-7-10-25-14-21-11-22(16-25)23-12-20(13-24(27)26(23)15-21)18-28-17-19-8-5-4-6-9-19;1-2-22-11-18-8-19(13-22)20-9-17(10-21(24)23(20)12-18)15-25-14-16-6-4-3-5-7-16/h4-6,8-9,12-13,21-22H,2-3,7,10-11,14-18H2,1H3;9-10,16,18-19H,2-8,11-15H2,1H3. The van der Waals surface area contributed by atoms with Crippen LogP contribution in [0.1, 0.15) is 118 Å². The van der Waals surface area contributed by atoms with Gasteiger partial charge in [-0.1, -0.05) is 76.3 Å². The summed E-state index contributed by atoms with van der Waals surface area (Å²) in [4.78, 5) is 30.5. The van der Waals surface area contributed by atoms with Crippen molar-refractivity contribution in [1.82, 2.24) is 18.9 Å². The third-order valence-electron chi connectivity index (χ3n) is 12.6. The average molecular weight is 725 g/mol. The van der Waals surface area contributed by atoms with E-state index in [9.17, 15) is 9.59 Å². The first-order valence-electron chi connectivity index (χ1n) is 21.1. The van der Waals surface area contributed by atoms with Gasteiger partial charge in [0.25, 0.3) is 11.1 Å². The van der Waals surface area contributed by atoms with E-state index >= 15 is 0 Å². The molecule has 8 rings (SSSR count). The Bertz CT molecular complexity index is 1730. The second kappa shape index (κ2) is 18.5. The van der Waals surface area contributed by atoms with Crippen LogP contribution in [-0.2, 0) is 42.4 Å². The Morgan fingerprint density at radius 2 is 1.21 bits per heavy atom. The summed E-state index contributed by atoms with van der Waals surface area (Å²) < 4.78 is 15.9. The number of unbranched alkanes of at least 4 members (excludes halogenated alkanes) is 2. The number of ether oxygens (including phenoxy) is 2. The van der Waals surface area contributed by atoms with Crippen LogP contribution in [0.25, 0.3) is 0 Å². The summed E-state index contributed by atoms with van der Waals surface area (Å²) in [6.45, 7) is 15.6. The van der Waals surface area contributed by atoms with Gasteiger partial charge in [-0.25, -0.2) is 0 Å². The van der Waals surface area contributed by atoms with Crippen LogP contribution in [-0.4, -0.2) is 64.8 Å². The van der Waals surface area contributed by atoms with Crippen LogP contribution in [0.4, 0.5) is 0 Å². The van der Waals surface area contributed by atoms with Gasteiger partial charge >= 0.3 is 0 Å². The van der Waals surface area contributed by atoms with Crippen molar-refractivity contribution in [2.75, 3.05) is 45.9 Å². The number of hydrogen-bond acceptors (Lipinski definition) is 6. The van der Waals surface area contributed by atoms with Crippen molar-refractivity contribution in [2.24, 2.45) is 17.8 Å². The summed E-state index contributed by atoms with van der Waals surface area (Å²) in [5.74, 6) is 2.97. The van der Waals surface area contributed by atoms with Crippen LogP contribution in [0.2, 0.25) is 0 Å². The molecule has 8 nitrogen and oxygen atoms in total. The molecule has 288 valence electrons. The molecule has 53 heavy (non-hydrogen) atoms. The first-order valence-corrected chi connectivity index (χ1v) is 21.1.